The van der Waals surface area contributed by atoms with Crippen molar-refractivity contribution in [3.63, 3.8) is 0 Å². The van der Waals surface area contributed by atoms with Crippen molar-refractivity contribution < 1.29 is 4.79 Å². The molecule has 1 aliphatic carbocycles. The minimum atomic E-state index is -0.820. The molecular formula is C10H21N3O. The standard InChI is InChI=1S/C10H21N3O/c1-7(2)13(3)6-10(12,9(11)14)8-4-5-8/h7-8H,4-6,12H2,1-3H3,(H2,11,14). The first-order valence-corrected chi connectivity index (χ1v) is 5.17. The Morgan fingerprint density at radius 2 is 2.07 bits per heavy atom. The maximum atomic E-state index is 11.3. The van der Waals surface area contributed by atoms with E-state index in [1.54, 1.807) is 0 Å². The van der Waals surface area contributed by atoms with E-state index in [2.05, 4.69) is 18.7 Å². The molecule has 82 valence electrons. The second-order valence-electron chi connectivity index (χ2n) is 4.69. The average Bonchev–Trinajstić information content (AvgIpc) is 2.85. The van der Waals surface area contributed by atoms with Gasteiger partial charge in [-0.2, -0.15) is 0 Å². The number of nitrogens with zero attached hydrogens (tertiary/aromatic N) is 1. The van der Waals surface area contributed by atoms with Crippen LogP contribution < -0.4 is 11.5 Å². The Labute approximate surface area is 85.6 Å². The Bertz CT molecular complexity index is 225. The topological polar surface area (TPSA) is 72.3 Å². The van der Waals surface area contributed by atoms with Gasteiger partial charge in [0.25, 0.3) is 0 Å². The molecular weight excluding hydrogens is 178 g/mol. The lowest BCUT2D eigenvalue weighted by molar-refractivity contribution is -0.124. The highest BCUT2D eigenvalue weighted by Gasteiger charge is 2.47. The maximum absolute atomic E-state index is 11.3. The van der Waals surface area contributed by atoms with Crippen LogP contribution in [0.25, 0.3) is 0 Å². The predicted molar refractivity (Wildman–Crippen MR) is 56.6 cm³/mol. The van der Waals surface area contributed by atoms with Gasteiger partial charge in [-0.25, -0.2) is 0 Å². The highest BCUT2D eigenvalue weighted by Crippen LogP contribution is 2.38. The van der Waals surface area contributed by atoms with Gasteiger partial charge in [0.1, 0.15) is 5.54 Å². The number of carbonyl (C=O) groups excluding carboxylic acids is 1. The van der Waals surface area contributed by atoms with Crippen molar-refractivity contribution in [3.8, 4) is 0 Å². The number of nitrogens with two attached hydrogens (primary N) is 2. The van der Waals surface area contributed by atoms with Gasteiger partial charge in [0.2, 0.25) is 5.91 Å². The van der Waals surface area contributed by atoms with Gasteiger partial charge in [-0.1, -0.05) is 0 Å². The van der Waals surface area contributed by atoms with Crippen LogP contribution in [0.4, 0.5) is 0 Å². The molecule has 4 heteroatoms. The fourth-order valence-corrected chi connectivity index (χ4v) is 1.60. The van der Waals surface area contributed by atoms with Gasteiger partial charge >= 0.3 is 0 Å². The summed E-state index contributed by atoms with van der Waals surface area (Å²) < 4.78 is 0. The maximum Gasteiger partial charge on any atom is 0.239 e. The zero-order chi connectivity index (χ0) is 10.9. The fraction of sp³-hybridized carbons (Fsp3) is 0.900. The van der Waals surface area contributed by atoms with Crippen LogP contribution in [0.3, 0.4) is 0 Å². The van der Waals surface area contributed by atoms with Crippen molar-refractivity contribution in [2.75, 3.05) is 13.6 Å². The SMILES string of the molecule is CC(C)N(C)CC(N)(C(N)=O)C1CC1. The first-order valence-electron chi connectivity index (χ1n) is 5.17. The van der Waals surface area contributed by atoms with E-state index >= 15 is 0 Å². The minimum absolute atomic E-state index is 0.293. The average molecular weight is 199 g/mol. The highest BCUT2D eigenvalue weighted by atomic mass is 16.1. The molecule has 1 amide bonds. The molecule has 1 rings (SSSR count). The number of carbonyl (C=O) groups is 1. The van der Waals surface area contributed by atoms with Gasteiger partial charge in [0.05, 0.1) is 0 Å². The summed E-state index contributed by atoms with van der Waals surface area (Å²) in [6.45, 7) is 4.72. The molecule has 0 heterocycles. The van der Waals surface area contributed by atoms with Gasteiger partial charge in [0, 0.05) is 12.6 Å². The smallest absolute Gasteiger partial charge is 0.239 e. The molecule has 0 saturated heterocycles. The molecule has 1 atom stereocenters. The monoisotopic (exact) mass is 199 g/mol. The Morgan fingerprint density at radius 1 is 1.57 bits per heavy atom. The van der Waals surface area contributed by atoms with E-state index in [4.69, 9.17) is 11.5 Å². The molecule has 0 radical (unpaired) electrons. The van der Waals surface area contributed by atoms with E-state index < -0.39 is 5.54 Å². The molecule has 1 fully saturated rings. The lowest BCUT2D eigenvalue weighted by Gasteiger charge is -2.33. The van der Waals surface area contributed by atoms with Gasteiger partial charge in [-0.3, -0.25) is 4.79 Å². The highest BCUT2D eigenvalue weighted by molar-refractivity contribution is 5.85. The summed E-state index contributed by atoms with van der Waals surface area (Å²) in [7, 11) is 1.97. The summed E-state index contributed by atoms with van der Waals surface area (Å²) in [5.74, 6) is -0.0753. The summed E-state index contributed by atoms with van der Waals surface area (Å²) in [6.07, 6.45) is 2.07. The third-order valence-electron chi connectivity index (χ3n) is 3.16. The van der Waals surface area contributed by atoms with Gasteiger partial charge in [0.15, 0.2) is 0 Å². The third-order valence-corrected chi connectivity index (χ3v) is 3.16. The molecule has 0 aromatic carbocycles. The van der Waals surface area contributed by atoms with Crippen LogP contribution in [0.5, 0.6) is 0 Å². The first-order chi connectivity index (χ1) is 6.38. The summed E-state index contributed by atoms with van der Waals surface area (Å²) >= 11 is 0. The van der Waals surface area contributed by atoms with E-state index in [9.17, 15) is 4.79 Å². The molecule has 0 aromatic rings. The van der Waals surface area contributed by atoms with Crippen LogP contribution in [0.15, 0.2) is 0 Å². The number of hydrogen-bond acceptors (Lipinski definition) is 3. The molecule has 14 heavy (non-hydrogen) atoms. The lowest BCUT2D eigenvalue weighted by atomic mass is 9.92. The van der Waals surface area contributed by atoms with Crippen LogP contribution in [-0.2, 0) is 4.79 Å². The van der Waals surface area contributed by atoms with Crippen molar-refractivity contribution in [1.82, 2.24) is 4.90 Å². The molecule has 0 bridgehead atoms. The third kappa shape index (κ3) is 2.25. The summed E-state index contributed by atoms with van der Waals surface area (Å²) in [4.78, 5) is 13.4. The lowest BCUT2D eigenvalue weighted by Crippen LogP contribution is -2.60. The number of hydrogen-bond donors (Lipinski definition) is 2. The molecule has 4 N–H and O–H groups in total. The second kappa shape index (κ2) is 3.87. The Kier molecular flexibility index (Phi) is 3.17. The summed E-state index contributed by atoms with van der Waals surface area (Å²) in [5, 5.41) is 0. The van der Waals surface area contributed by atoms with Crippen molar-refractivity contribution in [3.05, 3.63) is 0 Å². The van der Waals surface area contributed by atoms with Gasteiger partial charge in [-0.15, -0.1) is 0 Å². The molecule has 4 nitrogen and oxygen atoms in total. The van der Waals surface area contributed by atoms with Crippen molar-refractivity contribution in [1.29, 1.82) is 0 Å². The molecule has 0 aromatic heterocycles. The molecule has 1 unspecified atom stereocenters. The zero-order valence-corrected chi connectivity index (χ0v) is 9.29. The summed E-state index contributed by atoms with van der Waals surface area (Å²) in [5.41, 5.74) is 10.6. The van der Waals surface area contributed by atoms with Crippen molar-refractivity contribution in [2.45, 2.75) is 38.3 Å². The van der Waals surface area contributed by atoms with Crippen LogP contribution in [0.2, 0.25) is 0 Å². The van der Waals surface area contributed by atoms with Crippen LogP contribution >= 0.6 is 0 Å². The van der Waals surface area contributed by atoms with Gasteiger partial charge in [-0.05, 0) is 39.7 Å². The van der Waals surface area contributed by atoms with Crippen LogP contribution in [0.1, 0.15) is 26.7 Å². The number of rotatable bonds is 5. The fourth-order valence-electron chi connectivity index (χ4n) is 1.60. The Morgan fingerprint density at radius 3 is 2.36 bits per heavy atom. The molecule has 1 saturated carbocycles. The van der Waals surface area contributed by atoms with Crippen molar-refractivity contribution in [2.24, 2.45) is 17.4 Å². The van der Waals surface area contributed by atoms with Crippen LogP contribution in [0, 0.1) is 5.92 Å². The van der Waals surface area contributed by atoms with Crippen molar-refractivity contribution >= 4 is 5.91 Å². The number of likely N-dealkylation sites (N-methyl/N-ethyl adjacent to an activating group) is 1. The Hall–Kier alpha value is -0.610. The minimum Gasteiger partial charge on any atom is -0.368 e. The largest absolute Gasteiger partial charge is 0.368 e. The molecule has 0 spiro atoms. The van der Waals surface area contributed by atoms with E-state index in [0.717, 1.165) is 12.8 Å². The Balaban J connectivity index is 2.64. The summed E-state index contributed by atoms with van der Waals surface area (Å²) in [6, 6.07) is 0.385. The normalized spacial score (nSPS) is 21.3. The predicted octanol–water partition coefficient (Wildman–Crippen LogP) is -0.0806. The van der Waals surface area contributed by atoms with E-state index in [0.29, 0.717) is 18.5 Å². The number of amides is 1. The van der Waals surface area contributed by atoms with Gasteiger partial charge < -0.3 is 16.4 Å². The number of primary amides is 1. The van der Waals surface area contributed by atoms with E-state index in [1.807, 2.05) is 7.05 Å². The quantitative estimate of drug-likeness (QED) is 0.650. The molecule has 0 aliphatic heterocycles. The molecule has 1 aliphatic rings. The van der Waals surface area contributed by atoms with Crippen LogP contribution in [-0.4, -0.2) is 36.0 Å². The first kappa shape index (κ1) is 11.5. The zero-order valence-electron chi connectivity index (χ0n) is 9.29. The van der Waals surface area contributed by atoms with E-state index in [1.165, 1.54) is 0 Å². The second-order valence-corrected chi connectivity index (χ2v) is 4.69. The van der Waals surface area contributed by atoms with E-state index in [-0.39, 0.29) is 5.91 Å².